The quantitative estimate of drug-likeness (QED) is 0.269. The lowest BCUT2D eigenvalue weighted by atomic mass is 9.90. The normalized spacial score (nSPS) is 14.7. The first-order chi connectivity index (χ1) is 17.1. The van der Waals surface area contributed by atoms with E-state index < -0.39 is 12.0 Å². The number of para-hydroxylation sites is 1. The van der Waals surface area contributed by atoms with Crippen molar-refractivity contribution in [3.05, 3.63) is 53.7 Å². The van der Waals surface area contributed by atoms with E-state index in [0.717, 1.165) is 56.4 Å². The van der Waals surface area contributed by atoms with E-state index >= 15 is 0 Å². The zero-order valence-electron chi connectivity index (χ0n) is 20.6. The number of aromatic amines is 1. The third-order valence-electron chi connectivity index (χ3n) is 6.49. The number of unbranched alkanes of at least 4 members (excludes halogenated alkanes) is 1. The number of piperidine rings is 1. The van der Waals surface area contributed by atoms with E-state index in [2.05, 4.69) is 33.6 Å². The van der Waals surface area contributed by atoms with Crippen molar-refractivity contribution in [2.45, 2.75) is 51.9 Å². The Hall–Kier alpha value is -3.39. The predicted octanol–water partition coefficient (Wildman–Crippen LogP) is 5.75. The van der Waals surface area contributed by atoms with Crippen LogP contribution in [0.25, 0.3) is 11.0 Å². The number of benzene rings is 1. The lowest BCUT2D eigenvalue weighted by Gasteiger charge is -2.31. The van der Waals surface area contributed by atoms with Crippen LogP contribution in [0.1, 0.15) is 67.8 Å². The number of urea groups is 1. The highest BCUT2D eigenvalue weighted by Crippen LogP contribution is 2.33. The second kappa shape index (κ2) is 11.8. The first kappa shape index (κ1) is 24.7. The molecule has 0 saturated carbocycles. The topological polar surface area (TPSA) is 99.3 Å². The van der Waals surface area contributed by atoms with Crippen LogP contribution in [-0.2, 0) is 4.74 Å². The molecule has 1 aromatic carbocycles. The minimum atomic E-state index is -0.462. The summed E-state index contributed by atoms with van der Waals surface area (Å²) >= 11 is 0. The van der Waals surface area contributed by atoms with Gasteiger partial charge in [-0.3, -0.25) is 5.32 Å². The number of carbonyl (C=O) groups is 2. The fourth-order valence-corrected chi connectivity index (χ4v) is 4.61. The van der Waals surface area contributed by atoms with Crippen molar-refractivity contribution in [2.75, 3.05) is 36.9 Å². The largest absolute Gasteiger partial charge is 0.462 e. The average molecular weight is 478 g/mol. The van der Waals surface area contributed by atoms with Crippen LogP contribution < -0.4 is 10.6 Å². The number of fused-ring (bicyclic) bond motifs is 1. The van der Waals surface area contributed by atoms with Gasteiger partial charge in [0.1, 0.15) is 5.82 Å². The standard InChI is InChI=1S/C27H35N5O3/c1-3-5-17-35-26(33)20-8-6-7-9-22(20)29-27(34)31-24-11-10-23-25(30-24)21(18-28-23)19-12-15-32(14-4-2)16-13-19/h6-11,18-19,28H,3-5,12-17H2,1-2H3,(H2,29,30,31,34). The van der Waals surface area contributed by atoms with Crippen LogP contribution in [0.5, 0.6) is 0 Å². The molecule has 2 amide bonds. The Bertz CT molecular complexity index is 1150. The van der Waals surface area contributed by atoms with Gasteiger partial charge < -0.3 is 19.9 Å². The molecule has 8 nitrogen and oxygen atoms in total. The summed E-state index contributed by atoms with van der Waals surface area (Å²) in [5, 5.41) is 5.57. The summed E-state index contributed by atoms with van der Waals surface area (Å²) in [6.45, 7) is 7.97. The Morgan fingerprint density at radius 3 is 2.66 bits per heavy atom. The molecule has 0 unspecified atom stereocenters. The monoisotopic (exact) mass is 477 g/mol. The van der Waals surface area contributed by atoms with Gasteiger partial charge in [-0.15, -0.1) is 0 Å². The van der Waals surface area contributed by atoms with E-state index in [1.165, 1.54) is 12.0 Å². The summed E-state index contributed by atoms with van der Waals surface area (Å²) in [5.41, 5.74) is 3.79. The van der Waals surface area contributed by atoms with Gasteiger partial charge in [-0.1, -0.05) is 32.4 Å². The molecule has 0 spiro atoms. The van der Waals surface area contributed by atoms with Crippen molar-refractivity contribution < 1.29 is 14.3 Å². The van der Waals surface area contributed by atoms with Crippen LogP contribution in [-0.4, -0.2) is 53.1 Å². The number of aromatic nitrogens is 2. The molecule has 8 heteroatoms. The first-order valence-corrected chi connectivity index (χ1v) is 12.6. The van der Waals surface area contributed by atoms with Crippen LogP contribution in [0.15, 0.2) is 42.6 Å². The van der Waals surface area contributed by atoms with Gasteiger partial charge >= 0.3 is 12.0 Å². The number of anilines is 2. The Morgan fingerprint density at radius 1 is 1.09 bits per heavy atom. The molecule has 1 aliphatic rings. The molecule has 35 heavy (non-hydrogen) atoms. The Kier molecular flexibility index (Phi) is 8.36. The molecule has 0 radical (unpaired) electrons. The van der Waals surface area contributed by atoms with E-state index in [9.17, 15) is 9.59 Å². The third-order valence-corrected chi connectivity index (χ3v) is 6.49. The van der Waals surface area contributed by atoms with Crippen molar-refractivity contribution in [2.24, 2.45) is 0 Å². The lowest BCUT2D eigenvalue weighted by Crippen LogP contribution is -2.33. The number of hydrogen-bond acceptors (Lipinski definition) is 5. The van der Waals surface area contributed by atoms with Gasteiger partial charge in [-0.05, 0) is 81.1 Å². The van der Waals surface area contributed by atoms with Crippen LogP contribution in [0.3, 0.4) is 0 Å². The number of amides is 2. The molecule has 3 N–H and O–H groups in total. The number of ether oxygens (including phenoxy) is 1. The molecule has 2 aromatic heterocycles. The van der Waals surface area contributed by atoms with Gasteiger partial charge in [0.05, 0.1) is 28.9 Å². The van der Waals surface area contributed by atoms with Crippen molar-refractivity contribution in [3.8, 4) is 0 Å². The molecule has 3 heterocycles. The molecule has 1 saturated heterocycles. The number of carbonyl (C=O) groups excluding carboxylic acids is 2. The number of nitrogens with zero attached hydrogens (tertiary/aromatic N) is 2. The van der Waals surface area contributed by atoms with Crippen molar-refractivity contribution >= 4 is 34.5 Å². The van der Waals surface area contributed by atoms with Gasteiger partial charge in [-0.2, -0.15) is 0 Å². The number of rotatable bonds is 9. The van der Waals surface area contributed by atoms with Gasteiger partial charge in [0.2, 0.25) is 0 Å². The fourth-order valence-electron chi connectivity index (χ4n) is 4.61. The van der Waals surface area contributed by atoms with Crippen LogP contribution in [0.2, 0.25) is 0 Å². The maximum atomic E-state index is 12.7. The molecule has 4 rings (SSSR count). The smallest absolute Gasteiger partial charge is 0.340 e. The molecular formula is C27H35N5O3. The zero-order chi connectivity index (χ0) is 24.6. The maximum Gasteiger partial charge on any atom is 0.340 e. The molecule has 0 atom stereocenters. The van der Waals surface area contributed by atoms with Crippen molar-refractivity contribution in [1.29, 1.82) is 0 Å². The predicted molar refractivity (Wildman–Crippen MR) is 139 cm³/mol. The molecule has 1 aliphatic heterocycles. The zero-order valence-corrected chi connectivity index (χ0v) is 20.6. The summed E-state index contributed by atoms with van der Waals surface area (Å²) in [5.74, 6) is 0.470. The summed E-state index contributed by atoms with van der Waals surface area (Å²) in [7, 11) is 0. The van der Waals surface area contributed by atoms with E-state index in [1.54, 1.807) is 30.3 Å². The minimum absolute atomic E-state index is 0.324. The van der Waals surface area contributed by atoms with E-state index in [4.69, 9.17) is 9.72 Å². The second-order valence-corrected chi connectivity index (χ2v) is 9.07. The number of H-pyrrole nitrogens is 1. The van der Waals surface area contributed by atoms with Gasteiger partial charge in [0.15, 0.2) is 0 Å². The molecular weight excluding hydrogens is 442 g/mol. The molecule has 0 aliphatic carbocycles. The minimum Gasteiger partial charge on any atom is -0.462 e. The van der Waals surface area contributed by atoms with E-state index in [1.807, 2.05) is 13.0 Å². The van der Waals surface area contributed by atoms with E-state index in [0.29, 0.717) is 29.6 Å². The van der Waals surface area contributed by atoms with Crippen molar-refractivity contribution in [3.63, 3.8) is 0 Å². The van der Waals surface area contributed by atoms with Gasteiger partial charge in [-0.25, -0.2) is 14.6 Å². The average Bonchev–Trinajstić information content (AvgIpc) is 3.28. The summed E-state index contributed by atoms with van der Waals surface area (Å²) in [4.78, 5) is 35.8. The lowest BCUT2D eigenvalue weighted by molar-refractivity contribution is 0.0501. The number of nitrogens with one attached hydrogen (secondary N) is 3. The van der Waals surface area contributed by atoms with E-state index in [-0.39, 0.29) is 0 Å². The molecule has 3 aromatic rings. The summed E-state index contributed by atoms with van der Waals surface area (Å²) in [6, 6.07) is 10.1. The summed E-state index contributed by atoms with van der Waals surface area (Å²) in [6.07, 6.45) is 7.20. The second-order valence-electron chi connectivity index (χ2n) is 9.07. The highest BCUT2D eigenvalue weighted by molar-refractivity contribution is 6.05. The summed E-state index contributed by atoms with van der Waals surface area (Å²) < 4.78 is 5.31. The highest BCUT2D eigenvalue weighted by atomic mass is 16.5. The molecule has 186 valence electrons. The Labute approximate surface area is 206 Å². The van der Waals surface area contributed by atoms with Gasteiger partial charge in [0.25, 0.3) is 0 Å². The Balaban J connectivity index is 1.43. The van der Waals surface area contributed by atoms with Crippen LogP contribution in [0.4, 0.5) is 16.3 Å². The highest BCUT2D eigenvalue weighted by Gasteiger charge is 2.23. The molecule has 0 bridgehead atoms. The third kappa shape index (κ3) is 6.19. The number of hydrogen-bond donors (Lipinski definition) is 3. The first-order valence-electron chi connectivity index (χ1n) is 12.6. The number of esters is 1. The number of likely N-dealkylation sites (tertiary alicyclic amines) is 1. The number of pyridine rings is 1. The van der Waals surface area contributed by atoms with Crippen molar-refractivity contribution in [1.82, 2.24) is 14.9 Å². The Morgan fingerprint density at radius 2 is 1.89 bits per heavy atom. The van der Waals surface area contributed by atoms with Crippen LogP contribution >= 0.6 is 0 Å². The fraction of sp³-hybridized carbons (Fsp3) is 0.444. The van der Waals surface area contributed by atoms with Gasteiger partial charge in [0, 0.05) is 6.20 Å². The van der Waals surface area contributed by atoms with Crippen LogP contribution in [0, 0.1) is 0 Å². The maximum absolute atomic E-state index is 12.7. The SMILES string of the molecule is CCCCOC(=O)c1ccccc1NC(=O)Nc1ccc2[nH]cc(C3CCN(CCC)CC3)c2n1. The molecule has 1 fully saturated rings.